The Morgan fingerprint density at radius 2 is 1.37 bits per heavy atom. The highest BCUT2D eigenvalue weighted by Gasteiger charge is 2.02. The van der Waals surface area contributed by atoms with Crippen molar-refractivity contribution in [2.75, 3.05) is 0 Å². The number of benzene rings is 3. The predicted octanol–water partition coefficient (Wildman–Crippen LogP) is 5.96. The summed E-state index contributed by atoms with van der Waals surface area (Å²) in [6, 6.07) is 23.9. The minimum absolute atomic E-state index is 0.401. The molecule has 0 heterocycles. The molecular weight excluding hydrogens is 296 g/mol. The van der Waals surface area contributed by atoms with Crippen molar-refractivity contribution in [3.8, 4) is 11.1 Å². The van der Waals surface area contributed by atoms with Crippen LogP contribution in [0.2, 0.25) is 0 Å². The zero-order chi connectivity index (χ0) is 13.2. The number of halogens is 1. The number of hydrogen-bond donors (Lipinski definition) is 0. The molecule has 0 amide bonds. The molecule has 0 saturated carbocycles. The second-order valence-corrected chi connectivity index (χ2v) is 6.17. The van der Waals surface area contributed by atoms with Gasteiger partial charge in [0.2, 0.25) is 0 Å². The second kappa shape index (κ2) is 5.18. The molecule has 0 saturated heterocycles. The summed E-state index contributed by atoms with van der Waals surface area (Å²) in [5, 5.41) is 2.58. The molecule has 1 heteroatoms. The van der Waals surface area contributed by atoms with Gasteiger partial charge in [-0.3, -0.25) is 0 Å². The van der Waals surface area contributed by atoms with E-state index in [0.717, 1.165) is 0 Å². The van der Waals surface area contributed by atoms with Gasteiger partial charge in [-0.05, 0) is 40.5 Å². The molecule has 19 heavy (non-hydrogen) atoms. The lowest BCUT2D eigenvalue weighted by molar-refractivity contribution is 1.12. The third-order valence-electron chi connectivity index (χ3n) is 3.45. The third kappa shape index (κ3) is 2.57. The van der Waals surface area contributed by atoms with E-state index in [1.165, 1.54) is 27.5 Å². The first-order valence-electron chi connectivity index (χ1n) is 6.47. The van der Waals surface area contributed by atoms with Crippen LogP contribution in [0.25, 0.3) is 21.9 Å². The lowest BCUT2D eigenvalue weighted by Gasteiger charge is -2.07. The van der Waals surface area contributed by atoms with Gasteiger partial charge in [0.15, 0.2) is 0 Å². The zero-order valence-corrected chi connectivity index (χ0v) is 12.4. The fraction of sp³-hybridized carbons (Fsp3) is 0.111. The minimum Gasteiger partial charge on any atom is -0.0842 e. The highest BCUT2D eigenvalue weighted by Crippen LogP contribution is 2.27. The molecule has 0 aliphatic rings. The maximum Gasteiger partial charge on any atom is 0.0367 e. The fourth-order valence-electron chi connectivity index (χ4n) is 2.31. The molecule has 0 nitrogen and oxygen atoms in total. The van der Waals surface area contributed by atoms with Crippen LogP contribution >= 0.6 is 15.9 Å². The summed E-state index contributed by atoms with van der Waals surface area (Å²) >= 11 is 3.60. The number of rotatable bonds is 2. The molecule has 0 spiro atoms. The lowest BCUT2D eigenvalue weighted by atomic mass is 10.00. The van der Waals surface area contributed by atoms with Crippen molar-refractivity contribution in [3.05, 3.63) is 72.3 Å². The van der Waals surface area contributed by atoms with Crippen molar-refractivity contribution in [2.45, 2.75) is 11.8 Å². The molecule has 94 valence electrons. The van der Waals surface area contributed by atoms with Crippen molar-refractivity contribution in [1.82, 2.24) is 0 Å². The third-order valence-corrected chi connectivity index (χ3v) is 3.98. The van der Waals surface area contributed by atoms with Gasteiger partial charge in [-0.25, -0.2) is 0 Å². The van der Waals surface area contributed by atoms with Gasteiger partial charge in [-0.1, -0.05) is 76.6 Å². The van der Waals surface area contributed by atoms with Gasteiger partial charge >= 0.3 is 0 Å². The van der Waals surface area contributed by atoms with Crippen LogP contribution in [0.4, 0.5) is 0 Å². The van der Waals surface area contributed by atoms with Gasteiger partial charge in [-0.15, -0.1) is 0 Å². The number of fused-ring (bicyclic) bond motifs is 1. The van der Waals surface area contributed by atoms with Gasteiger partial charge in [0, 0.05) is 4.83 Å². The smallest absolute Gasteiger partial charge is 0.0367 e. The Morgan fingerprint density at radius 3 is 2.05 bits per heavy atom. The standard InChI is InChI=1S/C18H15Br/c1-13(19)14-6-8-16(9-7-14)18-11-10-15-4-2-3-5-17(15)12-18/h2-13H,1H3. The maximum atomic E-state index is 3.60. The first-order valence-corrected chi connectivity index (χ1v) is 7.39. The second-order valence-electron chi connectivity index (χ2n) is 4.80. The van der Waals surface area contributed by atoms with Gasteiger partial charge < -0.3 is 0 Å². The zero-order valence-electron chi connectivity index (χ0n) is 10.8. The Hall–Kier alpha value is -1.60. The Morgan fingerprint density at radius 1 is 0.737 bits per heavy atom. The molecular formula is C18H15Br. The van der Waals surface area contributed by atoms with Crippen LogP contribution < -0.4 is 0 Å². The van der Waals surface area contributed by atoms with E-state index < -0.39 is 0 Å². The van der Waals surface area contributed by atoms with E-state index in [2.05, 4.69) is 89.6 Å². The van der Waals surface area contributed by atoms with Crippen LogP contribution in [0.3, 0.4) is 0 Å². The van der Waals surface area contributed by atoms with Crippen LogP contribution in [-0.2, 0) is 0 Å². The van der Waals surface area contributed by atoms with Gasteiger partial charge in [-0.2, -0.15) is 0 Å². The van der Waals surface area contributed by atoms with Gasteiger partial charge in [0.1, 0.15) is 0 Å². The SMILES string of the molecule is CC(Br)c1ccc(-c2ccc3ccccc3c2)cc1. The largest absolute Gasteiger partial charge is 0.0842 e. The van der Waals surface area contributed by atoms with E-state index >= 15 is 0 Å². The summed E-state index contributed by atoms with van der Waals surface area (Å²) in [4.78, 5) is 0.401. The average molecular weight is 311 g/mol. The molecule has 0 fully saturated rings. The lowest BCUT2D eigenvalue weighted by Crippen LogP contribution is -1.84. The summed E-state index contributed by atoms with van der Waals surface area (Å²) in [7, 11) is 0. The van der Waals surface area contributed by atoms with Crippen LogP contribution in [0.1, 0.15) is 17.3 Å². The Kier molecular flexibility index (Phi) is 3.39. The molecule has 3 aromatic carbocycles. The van der Waals surface area contributed by atoms with E-state index in [1.807, 2.05) is 0 Å². The average Bonchev–Trinajstić information content (AvgIpc) is 2.47. The Bertz CT molecular complexity index is 696. The molecule has 0 aliphatic carbocycles. The Labute approximate surface area is 122 Å². The quantitative estimate of drug-likeness (QED) is 0.512. The molecule has 0 bridgehead atoms. The summed E-state index contributed by atoms with van der Waals surface area (Å²) < 4.78 is 0. The highest BCUT2D eigenvalue weighted by atomic mass is 79.9. The molecule has 3 aromatic rings. The fourth-order valence-corrected chi connectivity index (χ4v) is 2.61. The monoisotopic (exact) mass is 310 g/mol. The van der Waals surface area contributed by atoms with E-state index in [-0.39, 0.29) is 0 Å². The van der Waals surface area contributed by atoms with E-state index in [4.69, 9.17) is 0 Å². The molecule has 1 atom stereocenters. The van der Waals surface area contributed by atoms with E-state index in [0.29, 0.717) is 4.83 Å². The first kappa shape index (κ1) is 12.4. The van der Waals surface area contributed by atoms with Gasteiger partial charge in [0.05, 0.1) is 0 Å². The molecule has 0 aromatic heterocycles. The van der Waals surface area contributed by atoms with Crippen LogP contribution in [-0.4, -0.2) is 0 Å². The Balaban J connectivity index is 2.03. The normalized spacial score (nSPS) is 12.5. The van der Waals surface area contributed by atoms with Crippen molar-refractivity contribution in [1.29, 1.82) is 0 Å². The molecule has 1 unspecified atom stereocenters. The van der Waals surface area contributed by atoms with E-state index in [1.54, 1.807) is 0 Å². The maximum absolute atomic E-state index is 3.60. The van der Waals surface area contributed by atoms with E-state index in [9.17, 15) is 0 Å². The summed E-state index contributed by atoms with van der Waals surface area (Å²) in [5.74, 6) is 0. The van der Waals surface area contributed by atoms with Gasteiger partial charge in [0.25, 0.3) is 0 Å². The van der Waals surface area contributed by atoms with Crippen molar-refractivity contribution >= 4 is 26.7 Å². The van der Waals surface area contributed by atoms with Crippen LogP contribution in [0.15, 0.2) is 66.7 Å². The van der Waals surface area contributed by atoms with Crippen LogP contribution in [0.5, 0.6) is 0 Å². The molecule has 0 radical (unpaired) electrons. The summed E-state index contributed by atoms with van der Waals surface area (Å²) in [6.45, 7) is 2.14. The number of hydrogen-bond acceptors (Lipinski definition) is 0. The van der Waals surface area contributed by atoms with Crippen molar-refractivity contribution < 1.29 is 0 Å². The minimum atomic E-state index is 0.401. The predicted molar refractivity (Wildman–Crippen MR) is 86.7 cm³/mol. The number of alkyl halides is 1. The van der Waals surface area contributed by atoms with Crippen molar-refractivity contribution in [2.24, 2.45) is 0 Å². The molecule has 0 N–H and O–H groups in total. The van der Waals surface area contributed by atoms with Crippen LogP contribution in [0, 0.1) is 0 Å². The summed E-state index contributed by atoms with van der Waals surface area (Å²) in [5.41, 5.74) is 3.85. The van der Waals surface area contributed by atoms with Crippen molar-refractivity contribution in [3.63, 3.8) is 0 Å². The summed E-state index contributed by atoms with van der Waals surface area (Å²) in [6.07, 6.45) is 0. The highest BCUT2D eigenvalue weighted by molar-refractivity contribution is 9.09. The molecule has 3 rings (SSSR count). The topological polar surface area (TPSA) is 0 Å². The molecule has 0 aliphatic heterocycles. The first-order chi connectivity index (χ1) is 9.24.